The maximum atomic E-state index is 10.4. The summed E-state index contributed by atoms with van der Waals surface area (Å²) in [6.07, 6.45) is 1.56. The molecule has 1 aromatic carbocycles. The van der Waals surface area contributed by atoms with Crippen LogP contribution >= 0.6 is 31.5 Å². The van der Waals surface area contributed by atoms with Gasteiger partial charge in [-0.2, -0.15) is 0 Å². The maximum Gasteiger partial charge on any atom is 0.279 e. The molecule has 1 aromatic rings. The normalized spacial score (nSPS) is 13.6. The van der Waals surface area contributed by atoms with Crippen LogP contribution in [0.1, 0.15) is 12.5 Å². The number of allylic oxidation sites excluding steroid dienone is 1. The lowest BCUT2D eigenvalue weighted by Gasteiger charge is -2.02. The minimum atomic E-state index is -2.62. The Kier molecular flexibility index (Phi) is 5.99. The Bertz CT molecular complexity index is 394. The Morgan fingerprint density at radius 2 is 2.19 bits per heavy atom. The number of thioether (sulfide) groups is 1. The molecule has 6 heteroatoms. The van der Waals surface area contributed by atoms with Crippen LogP contribution in [-0.2, 0) is 10.3 Å². The minimum Gasteiger partial charge on any atom is -0.331 e. The zero-order valence-electron chi connectivity index (χ0n) is 8.74. The molecule has 0 aromatic heterocycles. The molecule has 0 saturated heterocycles. The van der Waals surface area contributed by atoms with Gasteiger partial charge in [-0.05, 0) is 29.5 Å². The number of hydrogen-bond acceptors (Lipinski definition) is 2. The van der Waals surface area contributed by atoms with E-state index < -0.39 is 8.18 Å². The van der Waals surface area contributed by atoms with Crippen molar-refractivity contribution in [2.24, 2.45) is 0 Å². The largest absolute Gasteiger partial charge is 0.331 e. The van der Waals surface area contributed by atoms with E-state index in [1.807, 2.05) is 31.2 Å². The van der Waals surface area contributed by atoms with Crippen LogP contribution in [0.3, 0.4) is 0 Å². The van der Waals surface area contributed by atoms with Gasteiger partial charge in [-0.25, -0.2) is 0 Å². The number of rotatable bonds is 5. The van der Waals surface area contributed by atoms with E-state index in [-0.39, 0.29) is 0 Å². The van der Waals surface area contributed by atoms with Crippen molar-refractivity contribution in [3.63, 3.8) is 0 Å². The number of halogens is 1. The summed E-state index contributed by atoms with van der Waals surface area (Å²) in [5.74, 6) is 0.813. The molecule has 0 amide bonds. The second-order valence-corrected chi connectivity index (χ2v) is 5.68. The summed E-state index contributed by atoms with van der Waals surface area (Å²) in [6.45, 7) is 1.89. The Hall–Kier alpha value is -0.410. The molecule has 1 atom stereocenters. The number of benzene rings is 1. The van der Waals surface area contributed by atoms with E-state index in [0.717, 1.165) is 15.7 Å². The minimum absolute atomic E-state index is 0.724. The molecular weight excluding hydrogens is 265 g/mol. The highest BCUT2D eigenvalue weighted by atomic mass is 35.5. The Morgan fingerprint density at radius 3 is 2.75 bits per heavy atom. The van der Waals surface area contributed by atoms with Crippen molar-refractivity contribution in [3.8, 4) is 0 Å². The van der Waals surface area contributed by atoms with Gasteiger partial charge < -0.3 is 9.98 Å². The Labute approximate surface area is 105 Å². The van der Waals surface area contributed by atoms with E-state index in [0.29, 0.717) is 0 Å². The highest BCUT2D eigenvalue weighted by Crippen LogP contribution is 2.22. The SMILES string of the molecule is C/C(=C\N[PH](=O)O)SCc1ccc(Cl)cc1. The van der Waals surface area contributed by atoms with Gasteiger partial charge in [0.2, 0.25) is 0 Å². The van der Waals surface area contributed by atoms with Gasteiger partial charge in [-0.15, -0.1) is 11.8 Å². The van der Waals surface area contributed by atoms with Crippen LogP contribution in [0.5, 0.6) is 0 Å². The van der Waals surface area contributed by atoms with E-state index in [1.165, 1.54) is 5.56 Å². The van der Waals surface area contributed by atoms with Gasteiger partial charge in [-0.1, -0.05) is 23.7 Å². The third kappa shape index (κ3) is 5.61. The van der Waals surface area contributed by atoms with Crippen LogP contribution in [0.4, 0.5) is 0 Å². The highest BCUT2D eigenvalue weighted by Gasteiger charge is 1.96. The van der Waals surface area contributed by atoms with Crippen molar-refractivity contribution < 1.29 is 9.46 Å². The first-order chi connectivity index (χ1) is 7.58. The van der Waals surface area contributed by atoms with E-state index in [4.69, 9.17) is 16.5 Å². The molecule has 0 aliphatic heterocycles. The fourth-order valence-electron chi connectivity index (χ4n) is 0.983. The van der Waals surface area contributed by atoms with Gasteiger partial charge in [-0.3, -0.25) is 4.57 Å². The van der Waals surface area contributed by atoms with E-state index in [9.17, 15) is 4.57 Å². The van der Waals surface area contributed by atoms with Crippen molar-refractivity contribution in [1.29, 1.82) is 0 Å². The van der Waals surface area contributed by atoms with Crippen LogP contribution in [0.15, 0.2) is 35.4 Å². The van der Waals surface area contributed by atoms with Crippen molar-refractivity contribution in [1.82, 2.24) is 5.09 Å². The summed E-state index contributed by atoms with van der Waals surface area (Å²) in [7, 11) is -2.62. The van der Waals surface area contributed by atoms with E-state index in [1.54, 1.807) is 18.0 Å². The summed E-state index contributed by atoms with van der Waals surface area (Å²) in [5, 5.41) is 3.11. The summed E-state index contributed by atoms with van der Waals surface area (Å²) in [4.78, 5) is 9.54. The molecule has 2 N–H and O–H groups in total. The van der Waals surface area contributed by atoms with Crippen LogP contribution < -0.4 is 5.09 Å². The molecule has 0 spiro atoms. The standard InChI is InChI=1S/C10H13ClNO2PS/c1-8(6-12-15(13)14)16-7-9-2-4-10(11)5-3-9/h2-6,15H,7H2,1H3,(H2,12,13,14)/b8-6+. The molecule has 0 bridgehead atoms. The first kappa shape index (κ1) is 13.7. The van der Waals surface area contributed by atoms with Gasteiger partial charge in [0.1, 0.15) is 0 Å². The highest BCUT2D eigenvalue weighted by molar-refractivity contribution is 8.02. The summed E-state index contributed by atoms with van der Waals surface area (Å²) in [6, 6.07) is 7.62. The smallest absolute Gasteiger partial charge is 0.279 e. The fourth-order valence-corrected chi connectivity index (χ4v) is 2.28. The third-order valence-corrected chi connectivity index (χ3v) is 3.47. The average molecular weight is 278 g/mol. The lowest BCUT2D eigenvalue weighted by atomic mass is 10.2. The molecule has 88 valence electrons. The second kappa shape index (κ2) is 7.02. The molecule has 3 nitrogen and oxygen atoms in total. The predicted octanol–water partition coefficient (Wildman–Crippen LogP) is 3.41. The quantitative estimate of drug-likeness (QED) is 0.810. The van der Waals surface area contributed by atoms with Crippen LogP contribution in [0.25, 0.3) is 0 Å². The summed E-state index contributed by atoms with van der Waals surface area (Å²) in [5.41, 5.74) is 1.17. The van der Waals surface area contributed by atoms with Crippen molar-refractivity contribution >= 4 is 31.5 Å². The van der Waals surface area contributed by atoms with Gasteiger partial charge in [0.25, 0.3) is 8.18 Å². The van der Waals surface area contributed by atoms with E-state index in [2.05, 4.69) is 5.09 Å². The maximum absolute atomic E-state index is 10.4. The zero-order valence-corrected chi connectivity index (χ0v) is 11.3. The van der Waals surface area contributed by atoms with Crippen molar-refractivity contribution in [3.05, 3.63) is 46.0 Å². The molecule has 1 rings (SSSR count). The number of nitrogens with one attached hydrogen (secondary N) is 1. The monoisotopic (exact) mass is 277 g/mol. The topological polar surface area (TPSA) is 49.3 Å². The zero-order chi connectivity index (χ0) is 12.0. The number of hydrogen-bond donors (Lipinski definition) is 2. The molecule has 0 heterocycles. The molecular formula is C10H13ClNO2PS. The van der Waals surface area contributed by atoms with Gasteiger partial charge in [0.15, 0.2) is 0 Å². The third-order valence-electron chi connectivity index (χ3n) is 1.78. The first-order valence-electron chi connectivity index (χ1n) is 4.61. The van der Waals surface area contributed by atoms with Crippen molar-refractivity contribution in [2.45, 2.75) is 12.7 Å². The molecule has 0 saturated carbocycles. The lowest BCUT2D eigenvalue weighted by molar-refractivity contribution is 0.497. The van der Waals surface area contributed by atoms with Crippen LogP contribution in [-0.4, -0.2) is 4.89 Å². The first-order valence-corrected chi connectivity index (χ1v) is 7.33. The fraction of sp³-hybridized carbons (Fsp3) is 0.200. The Balaban J connectivity index is 2.42. The molecule has 0 fully saturated rings. The second-order valence-electron chi connectivity index (χ2n) is 3.12. The summed E-state index contributed by atoms with van der Waals surface area (Å²) < 4.78 is 10.4. The molecule has 0 aliphatic carbocycles. The van der Waals surface area contributed by atoms with Crippen molar-refractivity contribution in [2.75, 3.05) is 0 Å². The van der Waals surface area contributed by atoms with Crippen LogP contribution in [0.2, 0.25) is 5.02 Å². The van der Waals surface area contributed by atoms with Crippen LogP contribution in [0, 0.1) is 0 Å². The molecule has 0 aliphatic rings. The Morgan fingerprint density at radius 1 is 1.56 bits per heavy atom. The molecule has 0 radical (unpaired) electrons. The van der Waals surface area contributed by atoms with Gasteiger partial charge in [0.05, 0.1) is 0 Å². The molecule has 16 heavy (non-hydrogen) atoms. The average Bonchev–Trinajstić information content (AvgIpc) is 2.25. The lowest BCUT2D eigenvalue weighted by Crippen LogP contribution is -1.90. The summed E-state index contributed by atoms with van der Waals surface area (Å²) >= 11 is 7.37. The van der Waals surface area contributed by atoms with Gasteiger partial charge >= 0.3 is 0 Å². The predicted molar refractivity (Wildman–Crippen MR) is 70.9 cm³/mol. The molecule has 1 unspecified atom stereocenters. The van der Waals surface area contributed by atoms with Gasteiger partial charge in [0, 0.05) is 17.0 Å². The van der Waals surface area contributed by atoms with E-state index >= 15 is 0 Å².